The zero-order valence-corrected chi connectivity index (χ0v) is 13.6. The molecule has 1 N–H and O–H groups in total. The number of aliphatic carboxylic acids is 1. The SMILES string of the molecule is CC(CC(=O)c1cccc(-c2ccc3c(c2)CCCO3)c1)C(=O)O. The predicted octanol–water partition coefficient (Wildman–Crippen LogP) is 3.97. The summed E-state index contributed by atoms with van der Waals surface area (Å²) >= 11 is 0. The molecule has 0 aromatic heterocycles. The maximum Gasteiger partial charge on any atom is 0.306 e. The van der Waals surface area contributed by atoms with Gasteiger partial charge in [0.1, 0.15) is 5.75 Å². The number of aryl methyl sites for hydroxylation is 1. The van der Waals surface area contributed by atoms with Gasteiger partial charge in [0.2, 0.25) is 0 Å². The first-order valence-electron chi connectivity index (χ1n) is 8.17. The Hall–Kier alpha value is -2.62. The number of fused-ring (bicyclic) bond motifs is 1. The zero-order valence-electron chi connectivity index (χ0n) is 13.6. The molecular formula is C20H20O4. The number of carboxylic acid groups (broad SMARTS) is 1. The fourth-order valence-electron chi connectivity index (χ4n) is 2.90. The molecule has 2 aromatic carbocycles. The number of carbonyl (C=O) groups excluding carboxylic acids is 1. The Morgan fingerprint density at radius 2 is 1.96 bits per heavy atom. The van der Waals surface area contributed by atoms with Crippen LogP contribution in [0.2, 0.25) is 0 Å². The van der Waals surface area contributed by atoms with Gasteiger partial charge in [0.15, 0.2) is 5.78 Å². The standard InChI is InChI=1S/C20H20O4/c1-13(20(22)23)10-18(21)16-5-2-4-14(11-16)15-7-8-19-17(12-15)6-3-9-24-19/h2,4-5,7-8,11-13H,3,6,9-10H2,1H3,(H,22,23). The Balaban J connectivity index is 1.85. The maximum atomic E-state index is 12.3. The molecule has 1 atom stereocenters. The van der Waals surface area contributed by atoms with Crippen molar-refractivity contribution in [1.82, 2.24) is 0 Å². The van der Waals surface area contributed by atoms with E-state index in [1.54, 1.807) is 13.0 Å². The summed E-state index contributed by atoms with van der Waals surface area (Å²) in [5.41, 5.74) is 3.74. The third-order valence-electron chi connectivity index (χ3n) is 4.34. The maximum absolute atomic E-state index is 12.3. The lowest BCUT2D eigenvalue weighted by Gasteiger charge is -2.18. The quantitative estimate of drug-likeness (QED) is 0.845. The van der Waals surface area contributed by atoms with E-state index in [4.69, 9.17) is 9.84 Å². The Morgan fingerprint density at radius 1 is 1.17 bits per heavy atom. The zero-order chi connectivity index (χ0) is 17.1. The molecule has 24 heavy (non-hydrogen) atoms. The molecular weight excluding hydrogens is 304 g/mol. The van der Waals surface area contributed by atoms with Gasteiger partial charge in [0.05, 0.1) is 12.5 Å². The second-order valence-corrected chi connectivity index (χ2v) is 6.22. The van der Waals surface area contributed by atoms with Crippen LogP contribution in [0.15, 0.2) is 42.5 Å². The Bertz CT molecular complexity index is 779. The van der Waals surface area contributed by atoms with Gasteiger partial charge in [0, 0.05) is 12.0 Å². The van der Waals surface area contributed by atoms with Crippen LogP contribution in [0.5, 0.6) is 5.75 Å². The summed E-state index contributed by atoms with van der Waals surface area (Å²) in [6.07, 6.45) is 2.02. The van der Waals surface area contributed by atoms with Crippen molar-refractivity contribution in [3.05, 3.63) is 53.6 Å². The molecule has 0 saturated heterocycles. The summed E-state index contributed by atoms with van der Waals surface area (Å²) < 4.78 is 5.63. The summed E-state index contributed by atoms with van der Waals surface area (Å²) in [4.78, 5) is 23.2. The normalized spacial score (nSPS) is 14.4. The fourth-order valence-corrected chi connectivity index (χ4v) is 2.90. The Morgan fingerprint density at radius 3 is 2.75 bits per heavy atom. The lowest BCUT2D eigenvalue weighted by Crippen LogP contribution is -2.14. The van der Waals surface area contributed by atoms with E-state index >= 15 is 0 Å². The van der Waals surface area contributed by atoms with E-state index < -0.39 is 11.9 Å². The van der Waals surface area contributed by atoms with E-state index in [0.29, 0.717) is 5.56 Å². The molecule has 1 unspecified atom stereocenters. The van der Waals surface area contributed by atoms with Crippen LogP contribution in [0.1, 0.15) is 35.7 Å². The lowest BCUT2D eigenvalue weighted by atomic mass is 9.95. The molecule has 0 bridgehead atoms. The number of carboxylic acids is 1. The molecule has 1 heterocycles. The van der Waals surface area contributed by atoms with Crippen molar-refractivity contribution in [2.24, 2.45) is 5.92 Å². The Kier molecular flexibility index (Phi) is 4.65. The monoisotopic (exact) mass is 324 g/mol. The van der Waals surface area contributed by atoms with Crippen molar-refractivity contribution in [3.8, 4) is 16.9 Å². The number of rotatable bonds is 5. The molecule has 4 heteroatoms. The number of carbonyl (C=O) groups is 2. The summed E-state index contributed by atoms with van der Waals surface area (Å²) in [5.74, 6) is -0.836. The van der Waals surface area contributed by atoms with Gasteiger partial charge in [-0.15, -0.1) is 0 Å². The number of hydrogen-bond acceptors (Lipinski definition) is 3. The van der Waals surface area contributed by atoms with Crippen molar-refractivity contribution in [3.63, 3.8) is 0 Å². The number of Topliss-reactive ketones (excluding diaryl/α,β-unsaturated/α-hetero) is 1. The highest BCUT2D eigenvalue weighted by atomic mass is 16.5. The second-order valence-electron chi connectivity index (χ2n) is 6.22. The van der Waals surface area contributed by atoms with E-state index in [9.17, 15) is 9.59 Å². The van der Waals surface area contributed by atoms with Gasteiger partial charge in [-0.1, -0.05) is 31.2 Å². The van der Waals surface area contributed by atoms with E-state index in [-0.39, 0.29) is 12.2 Å². The minimum Gasteiger partial charge on any atom is -0.493 e. The van der Waals surface area contributed by atoms with Crippen molar-refractivity contribution in [2.75, 3.05) is 6.61 Å². The van der Waals surface area contributed by atoms with Crippen molar-refractivity contribution < 1.29 is 19.4 Å². The van der Waals surface area contributed by atoms with Gasteiger partial charge in [-0.2, -0.15) is 0 Å². The highest BCUT2D eigenvalue weighted by Gasteiger charge is 2.17. The first-order valence-corrected chi connectivity index (χ1v) is 8.17. The van der Waals surface area contributed by atoms with Crippen LogP contribution in [0.3, 0.4) is 0 Å². The first-order chi connectivity index (χ1) is 11.5. The van der Waals surface area contributed by atoms with Gasteiger partial charge < -0.3 is 9.84 Å². The average molecular weight is 324 g/mol. The molecule has 0 fully saturated rings. The predicted molar refractivity (Wildman–Crippen MR) is 91.4 cm³/mol. The van der Waals surface area contributed by atoms with Gasteiger partial charge in [0.25, 0.3) is 0 Å². The molecule has 4 nitrogen and oxygen atoms in total. The minimum absolute atomic E-state index is 0.0107. The summed E-state index contributed by atoms with van der Waals surface area (Å²) in [7, 11) is 0. The van der Waals surface area contributed by atoms with Gasteiger partial charge in [-0.05, 0) is 47.7 Å². The second kappa shape index (κ2) is 6.87. The Labute approximate surface area is 141 Å². The van der Waals surface area contributed by atoms with Gasteiger partial charge >= 0.3 is 5.97 Å². The summed E-state index contributed by atoms with van der Waals surface area (Å²) in [5, 5.41) is 8.96. The van der Waals surface area contributed by atoms with E-state index in [1.165, 1.54) is 5.56 Å². The van der Waals surface area contributed by atoms with E-state index in [1.807, 2.05) is 30.3 Å². The topological polar surface area (TPSA) is 63.6 Å². The van der Waals surface area contributed by atoms with E-state index in [2.05, 4.69) is 6.07 Å². The minimum atomic E-state index is -0.950. The molecule has 3 rings (SSSR count). The molecule has 0 radical (unpaired) electrons. The van der Waals surface area contributed by atoms with Gasteiger partial charge in [-0.25, -0.2) is 0 Å². The van der Waals surface area contributed by atoms with Crippen molar-refractivity contribution >= 4 is 11.8 Å². The lowest BCUT2D eigenvalue weighted by molar-refractivity contribution is -0.141. The molecule has 2 aromatic rings. The number of ketones is 1. The molecule has 124 valence electrons. The van der Waals surface area contributed by atoms with Gasteiger partial charge in [-0.3, -0.25) is 9.59 Å². The first kappa shape index (κ1) is 16.2. The average Bonchev–Trinajstić information content (AvgIpc) is 2.61. The molecule has 0 saturated carbocycles. The third kappa shape index (κ3) is 3.48. The van der Waals surface area contributed by atoms with Crippen LogP contribution in [0.4, 0.5) is 0 Å². The van der Waals surface area contributed by atoms with Crippen LogP contribution in [0, 0.1) is 5.92 Å². The van der Waals surface area contributed by atoms with Crippen molar-refractivity contribution in [2.45, 2.75) is 26.2 Å². The molecule has 1 aliphatic rings. The molecule has 0 amide bonds. The summed E-state index contributed by atoms with van der Waals surface area (Å²) in [6, 6.07) is 13.5. The van der Waals surface area contributed by atoms with Crippen LogP contribution < -0.4 is 4.74 Å². The number of benzene rings is 2. The number of ether oxygens (including phenoxy) is 1. The summed E-state index contributed by atoms with van der Waals surface area (Å²) in [6.45, 7) is 2.31. The van der Waals surface area contributed by atoms with Crippen LogP contribution in [0.25, 0.3) is 11.1 Å². The molecule has 0 spiro atoms. The molecule has 0 aliphatic carbocycles. The number of hydrogen-bond donors (Lipinski definition) is 1. The largest absolute Gasteiger partial charge is 0.493 e. The van der Waals surface area contributed by atoms with Crippen LogP contribution >= 0.6 is 0 Å². The molecule has 1 aliphatic heterocycles. The van der Waals surface area contributed by atoms with Crippen LogP contribution in [-0.4, -0.2) is 23.5 Å². The van der Waals surface area contributed by atoms with Crippen molar-refractivity contribution in [1.29, 1.82) is 0 Å². The highest BCUT2D eigenvalue weighted by molar-refractivity contribution is 5.98. The highest BCUT2D eigenvalue weighted by Crippen LogP contribution is 2.30. The fraction of sp³-hybridized carbons (Fsp3) is 0.300. The third-order valence-corrected chi connectivity index (χ3v) is 4.34. The van der Waals surface area contributed by atoms with E-state index in [0.717, 1.165) is 36.3 Å². The smallest absolute Gasteiger partial charge is 0.306 e. The van der Waals surface area contributed by atoms with Crippen LogP contribution in [-0.2, 0) is 11.2 Å².